The lowest BCUT2D eigenvalue weighted by molar-refractivity contribution is -0.302. The number of hydrogen-bond acceptors (Lipinski definition) is 12. The lowest BCUT2D eigenvalue weighted by Crippen LogP contribution is -2.64. The molecule has 1 saturated carbocycles. The van der Waals surface area contributed by atoms with Crippen molar-refractivity contribution in [1.29, 1.82) is 0 Å². The van der Waals surface area contributed by atoms with Crippen molar-refractivity contribution in [2.75, 3.05) is 27.9 Å². The summed E-state index contributed by atoms with van der Waals surface area (Å²) in [6, 6.07) is -1.13. The third-order valence-corrected chi connectivity index (χ3v) is 12.9. The zero-order valence-electron chi connectivity index (χ0n) is 35.1. The van der Waals surface area contributed by atoms with Crippen LogP contribution in [-0.2, 0) is 42.9 Å². The van der Waals surface area contributed by atoms with Gasteiger partial charge in [0.25, 0.3) is 11.7 Å². The summed E-state index contributed by atoms with van der Waals surface area (Å²) < 4.78 is 29.7. The number of allylic oxidation sites excluding steroid dienone is 3. The number of aliphatic hydroxyl groups is 3. The highest BCUT2D eigenvalue weighted by Crippen LogP contribution is 2.39. The maximum atomic E-state index is 14.3. The average molecular weight is 792 g/mol. The van der Waals surface area contributed by atoms with E-state index < -0.39 is 83.9 Å². The summed E-state index contributed by atoms with van der Waals surface area (Å²) >= 11 is 0. The average Bonchev–Trinajstić information content (AvgIpc) is 3.18. The normalized spacial score (nSPS) is 41.6. The van der Waals surface area contributed by atoms with Crippen LogP contribution in [0.5, 0.6) is 0 Å². The fraction of sp³-hybridized carbons (Fsp3) is 0.814. The number of carbonyl (C=O) groups excluding carboxylic acids is 4. The number of fused-ring (bicyclic) bond motifs is 3. The molecule has 0 aromatic rings. The second-order valence-electron chi connectivity index (χ2n) is 17.2. The highest BCUT2D eigenvalue weighted by atomic mass is 16.7. The monoisotopic (exact) mass is 791 g/mol. The Morgan fingerprint density at radius 1 is 0.911 bits per heavy atom. The molecule has 3 N–H and O–H groups in total. The third-order valence-electron chi connectivity index (χ3n) is 12.9. The van der Waals surface area contributed by atoms with E-state index in [-0.39, 0.29) is 49.5 Å². The maximum Gasteiger partial charge on any atom is 0.329 e. The van der Waals surface area contributed by atoms with Gasteiger partial charge in [-0.2, -0.15) is 0 Å². The van der Waals surface area contributed by atoms with Gasteiger partial charge < -0.3 is 43.9 Å². The number of esters is 1. The first-order valence-corrected chi connectivity index (χ1v) is 20.8. The molecule has 1 amide bonds. The maximum absolute atomic E-state index is 14.3. The van der Waals surface area contributed by atoms with Gasteiger partial charge in [0, 0.05) is 52.0 Å². The molecule has 4 aliphatic rings. The topological polar surface area (TPSA) is 178 Å². The minimum Gasteiger partial charge on any atom is -0.456 e. The van der Waals surface area contributed by atoms with Crippen LogP contribution in [0.1, 0.15) is 112 Å². The first-order chi connectivity index (χ1) is 26.5. The number of piperidine rings is 1. The number of nitrogens with zero attached hydrogens (tertiary/aromatic N) is 1. The quantitative estimate of drug-likeness (QED) is 0.196. The number of methoxy groups -OCH3 is 3. The standard InChI is InChI=1S/C43H69NO12/c1-10-30-18-24(2)17-25(3)19-36(53-8)39-37(54-9)21-27(5)43(51,56-39)40(48)41(49)44-16-12-11-13-31(44)42(50)55-38(28(6)33(46)23-34(30)47)26(4)20-29-14-15-32(45)35(22-29)52-7/h18,20,25,27-33,35-39,45-46,51H,10-17,19,21-23H2,1-9H3/b24-18-,26-20+/t25-,27+,28+,29+,30?,31-,32-,33-,35-,36?,37-,38+,39+,43+/m0/s1. The zero-order chi connectivity index (χ0) is 41.5. The Hall–Kier alpha value is -2.52. The molecule has 13 heteroatoms. The molecule has 318 valence electrons. The first-order valence-electron chi connectivity index (χ1n) is 20.8. The second-order valence-corrected chi connectivity index (χ2v) is 17.2. The van der Waals surface area contributed by atoms with E-state index in [1.54, 1.807) is 21.0 Å². The molecular weight excluding hydrogens is 722 g/mol. The smallest absolute Gasteiger partial charge is 0.329 e. The van der Waals surface area contributed by atoms with Gasteiger partial charge >= 0.3 is 5.97 Å². The molecule has 0 spiro atoms. The van der Waals surface area contributed by atoms with E-state index in [0.717, 1.165) is 5.57 Å². The van der Waals surface area contributed by atoms with Crippen molar-refractivity contribution in [3.05, 3.63) is 23.3 Å². The van der Waals surface area contributed by atoms with Crippen LogP contribution in [0.25, 0.3) is 0 Å². The van der Waals surface area contributed by atoms with E-state index in [1.165, 1.54) is 19.1 Å². The number of cyclic esters (lactones) is 1. The van der Waals surface area contributed by atoms with Crippen LogP contribution in [0.4, 0.5) is 0 Å². The van der Waals surface area contributed by atoms with Crippen molar-refractivity contribution in [3.63, 3.8) is 0 Å². The van der Waals surface area contributed by atoms with Gasteiger partial charge in [0.2, 0.25) is 5.79 Å². The molecule has 14 atom stereocenters. The molecular formula is C43H69NO12. The minimum absolute atomic E-state index is 0.000914. The molecule has 3 heterocycles. The number of Topliss-reactive ketones (excluding diaryl/α,β-unsaturated/α-hetero) is 2. The molecule has 3 fully saturated rings. The summed E-state index contributed by atoms with van der Waals surface area (Å²) in [5, 5.41) is 34.1. The van der Waals surface area contributed by atoms with Crippen molar-refractivity contribution in [3.8, 4) is 0 Å². The van der Waals surface area contributed by atoms with Crippen LogP contribution in [0, 0.1) is 29.6 Å². The van der Waals surface area contributed by atoms with E-state index in [2.05, 4.69) is 6.92 Å². The van der Waals surface area contributed by atoms with Gasteiger partial charge in [-0.15, -0.1) is 0 Å². The molecule has 0 radical (unpaired) electrons. The van der Waals surface area contributed by atoms with Crippen molar-refractivity contribution in [1.82, 2.24) is 4.90 Å². The van der Waals surface area contributed by atoms with Gasteiger partial charge in [-0.25, -0.2) is 4.79 Å². The summed E-state index contributed by atoms with van der Waals surface area (Å²) in [5.41, 5.74) is 1.66. The molecule has 4 rings (SSSR count). The van der Waals surface area contributed by atoms with Crippen LogP contribution < -0.4 is 0 Å². The highest BCUT2D eigenvalue weighted by molar-refractivity contribution is 6.39. The van der Waals surface area contributed by atoms with E-state index in [4.69, 9.17) is 23.7 Å². The van der Waals surface area contributed by atoms with Gasteiger partial charge in [-0.1, -0.05) is 45.4 Å². The third kappa shape index (κ3) is 10.7. The summed E-state index contributed by atoms with van der Waals surface area (Å²) in [5.74, 6) is -7.50. The van der Waals surface area contributed by atoms with Crippen molar-refractivity contribution in [2.24, 2.45) is 29.6 Å². The van der Waals surface area contributed by atoms with Crippen LogP contribution >= 0.6 is 0 Å². The molecule has 2 saturated heterocycles. The van der Waals surface area contributed by atoms with E-state index in [0.29, 0.717) is 56.9 Å². The molecule has 0 aromatic carbocycles. The lowest BCUT2D eigenvalue weighted by atomic mass is 9.81. The number of aliphatic hydroxyl groups excluding tert-OH is 2. The Balaban J connectivity index is 1.76. The van der Waals surface area contributed by atoms with Gasteiger partial charge in [0.15, 0.2) is 0 Å². The van der Waals surface area contributed by atoms with Crippen molar-refractivity contribution in [2.45, 2.75) is 167 Å². The van der Waals surface area contributed by atoms with Crippen LogP contribution in [-0.4, -0.2) is 126 Å². The fourth-order valence-corrected chi connectivity index (χ4v) is 9.39. The van der Waals surface area contributed by atoms with E-state index in [1.807, 2.05) is 32.9 Å². The largest absolute Gasteiger partial charge is 0.456 e. The summed E-state index contributed by atoms with van der Waals surface area (Å²) in [4.78, 5) is 57.6. The molecule has 1 aliphatic carbocycles. The van der Waals surface area contributed by atoms with E-state index >= 15 is 0 Å². The van der Waals surface area contributed by atoms with E-state index in [9.17, 15) is 34.5 Å². The van der Waals surface area contributed by atoms with Crippen LogP contribution in [0.3, 0.4) is 0 Å². The number of carbonyl (C=O) groups is 4. The lowest BCUT2D eigenvalue weighted by Gasteiger charge is -2.47. The molecule has 56 heavy (non-hydrogen) atoms. The molecule has 2 bridgehead atoms. The number of ether oxygens (including phenoxy) is 5. The minimum atomic E-state index is -2.50. The Kier molecular flexibility index (Phi) is 16.9. The molecule has 0 aromatic heterocycles. The van der Waals surface area contributed by atoms with Crippen molar-refractivity contribution < 1.29 is 58.2 Å². The van der Waals surface area contributed by atoms with Crippen molar-refractivity contribution >= 4 is 23.4 Å². The number of amides is 1. The predicted octanol–water partition coefficient (Wildman–Crippen LogP) is 4.47. The summed E-state index contributed by atoms with van der Waals surface area (Å²) in [7, 11) is 4.63. The second kappa shape index (κ2) is 20.4. The molecule has 13 nitrogen and oxygen atoms in total. The first kappa shape index (κ1) is 46.2. The van der Waals surface area contributed by atoms with Crippen LogP contribution in [0.15, 0.2) is 23.3 Å². The van der Waals surface area contributed by atoms with Crippen LogP contribution in [0.2, 0.25) is 0 Å². The Labute approximate surface area is 333 Å². The Morgan fingerprint density at radius 3 is 2.21 bits per heavy atom. The fourth-order valence-electron chi connectivity index (χ4n) is 9.39. The van der Waals surface area contributed by atoms with Gasteiger partial charge in [-0.05, 0) is 95.5 Å². The number of hydrogen-bond donors (Lipinski definition) is 3. The zero-order valence-corrected chi connectivity index (χ0v) is 35.1. The predicted molar refractivity (Wildman–Crippen MR) is 208 cm³/mol. The van der Waals surface area contributed by atoms with Gasteiger partial charge in [-0.3, -0.25) is 14.4 Å². The summed E-state index contributed by atoms with van der Waals surface area (Å²) in [6.07, 6.45) is 3.72. The number of ketones is 2. The Bertz CT molecular complexity index is 1430. The van der Waals surface area contributed by atoms with Gasteiger partial charge in [0.1, 0.15) is 24.0 Å². The Morgan fingerprint density at radius 2 is 1.57 bits per heavy atom. The summed E-state index contributed by atoms with van der Waals surface area (Å²) in [6.45, 7) is 11.3. The number of rotatable bonds is 6. The molecule has 3 aliphatic heterocycles. The van der Waals surface area contributed by atoms with Gasteiger partial charge in [0.05, 0.1) is 30.5 Å². The SMILES string of the molecule is CCC1/C=C(/C)C[C@H](C)CC(OC)[C@H]2O[C@@](O)(C(=O)C(=O)N3CCCC[C@H]3C(=O)O[C@H](/C(C)=C/[C@H]3CC[C@H](O)[C@@H](OC)C3)[C@H](C)[C@@H](O)CC1=O)[C@H](C)C[C@@H]2OC. The highest BCUT2D eigenvalue weighted by Gasteiger charge is 2.56. The molecule has 2 unspecified atom stereocenters.